The van der Waals surface area contributed by atoms with E-state index in [1.54, 1.807) is 12.1 Å². The summed E-state index contributed by atoms with van der Waals surface area (Å²) in [5.74, 6) is 0.382. The highest BCUT2D eigenvalue weighted by Crippen LogP contribution is 2.26. The Kier molecular flexibility index (Phi) is 3.84. The molecule has 3 aromatic rings. The van der Waals surface area contributed by atoms with E-state index in [0.717, 1.165) is 23.0 Å². The fraction of sp³-hybridized carbons (Fsp3) is 0.176. The lowest BCUT2D eigenvalue weighted by atomic mass is 10.2. The summed E-state index contributed by atoms with van der Waals surface area (Å²) in [7, 11) is 0. The maximum atomic E-state index is 12.9. The summed E-state index contributed by atoms with van der Waals surface area (Å²) in [6, 6.07) is 11.9. The van der Waals surface area contributed by atoms with Gasteiger partial charge < -0.3 is 9.30 Å². The predicted octanol–water partition coefficient (Wildman–Crippen LogP) is 5.03. The van der Waals surface area contributed by atoms with Crippen molar-refractivity contribution in [2.75, 3.05) is 0 Å². The molecule has 0 fully saturated rings. The van der Waals surface area contributed by atoms with Crippen molar-refractivity contribution in [3.63, 3.8) is 0 Å². The van der Waals surface area contributed by atoms with Crippen LogP contribution in [0.3, 0.4) is 0 Å². The fourth-order valence-electron chi connectivity index (χ4n) is 2.41. The number of hydrogen-bond acceptors (Lipinski definition) is 1. The molecule has 0 aliphatic rings. The van der Waals surface area contributed by atoms with Crippen LogP contribution in [-0.4, -0.2) is 4.57 Å². The van der Waals surface area contributed by atoms with Crippen molar-refractivity contribution in [1.29, 1.82) is 0 Å². The van der Waals surface area contributed by atoms with Gasteiger partial charge in [-0.15, -0.1) is 0 Å². The largest absolute Gasteiger partial charge is 0.489 e. The first-order chi connectivity index (χ1) is 10.2. The van der Waals surface area contributed by atoms with Gasteiger partial charge in [-0.3, -0.25) is 0 Å². The van der Waals surface area contributed by atoms with E-state index in [1.807, 2.05) is 18.2 Å². The average Bonchev–Trinajstić information content (AvgIpc) is 2.84. The highest BCUT2D eigenvalue weighted by Gasteiger charge is 2.09. The van der Waals surface area contributed by atoms with E-state index >= 15 is 0 Å². The lowest BCUT2D eigenvalue weighted by Gasteiger charge is -2.05. The van der Waals surface area contributed by atoms with Crippen molar-refractivity contribution in [1.82, 2.24) is 4.57 Å². The molecule has 0 bridgehead atoms. The minimum Gasteiger partial charge on any atom is -0.489 e. The predicted molar refractivity (Wildman–Crippen MR) is 83.4 cm³/mol. The third-order valence-corrected chi connectivity index (χ3v) is 3.71. The number of halogens is 2. The van der Waals surface area contributed by atoms with Gasteiger partial charge in [0.25, 0.3) is 0 Å². The first kappa shape index (κ1) is 14.0. The van der Waals surface area contributed by atoms with Gasteiger partial charge in [0.2, 0.25) is 0 Å². The number of benzene rings is 2. The van der Waals surface area contributed by atoms with Crippen molar-refractivity contribution in [2.24, 2.45) is 0 Å². The van der Waals surface area contributed by atoms with Gasteiger partial charge in [-0.05, 0) is 49.4 Å². The zero-order valence-electron chi connectivity index (χ0n) is 11.6. The lowest BCUT2D eigenvalue weighted by molar-refractivity contribution is 0.307. The maximum Gasteiger partial charge on any atom is 0.123 e. The van der Waals surface area contributed by atoms with Gasteiger partial charge in [0.05, 0.1) is 0 Å². The van der Waals surface area contributed by atoms with Crippen LogP contribution >= 0.6 is 11.6 Å². The van der Waals surface area contributed by atoms with Crippen LogP contribution in [0.2, 0.25) is 5.02 Å². The minimum absolute atomic E-state index is 0.267. The summed E-state index contributed by atoms with van der Waals surface area (Å²) in [5, 5.41) is 1.80. The number of fused-ring (bicyclic) bond motifs is 1. The number of hydrogen-bond donors (Lipinski definition) is 0. The normalized spacial score (nSPS) is 11.0. The summed E-state index contributed by atoms with van der Waals surface area (Å²) in [5.41, 5.74) is 2.21. The summed E-state index contributed by atoms with van der Waals surface area (Å²) in [4.78, 5) is 0. The molecule has 4 heteroatoms. The highest BCUT2D eigenvalue weighted by molar-refractivity contribution is 6.31. The molecule has 0 saturated heterocycles. The third kappa shape index (κ3) is 2.88. The first-order valence-corrected chi connectivity index (χ1v) is 7.21. The lowest BCUT2D eigenvalue weighted by Crippen LogP contribution is -1.95. The van der Waals surface area contributed by atoms with Crippen LogP contribution < -0.4 is 4.74 Å². The van der Waals surface area contributed by atoms with Crippen molar-refractivity contribution >= 4 is 22.5 Å². The molecule has 108 valence electrons. The molecule has 0 aliphatic carbocycles. The van der Waals surface area contributed by atoms with E-state index in [0.29, 0.717) is 17.4 Å². The molecular weight excluding hydrogens is 289 g/mol. The topological polar surface area (TPSA) is 14.2 Å². The maximum absolute atomic E-state index is 12.9. The molecule has 0 N–H and O–H groups in total. The molecule has 0 aliphatic heterocycles. The Morgan fingerprint density at radius 3 is 2.62 bits per heavy atom. The molecule has 0 saturated carbocycles. The summed E-state index contributed by atoms with van der Waals surface area (Å²) in [6.07, 6.45) is 2.07. The van der Waals surface area contributed by atoms with Crippen molar-refractivity contribution in [3.8, 4) is 5.75 Å². The molecule has 2 nitrogen and oxygen atoms in total. The number of ether oxygens (including phenoxy) is 1. The highest BCUT2D eigenvalue weighted by atomic mass is 35.5. The van der Waals surface area contributed by atoms with Crippen molar-refractivity contribution in [3.05, 3.63) is 65.1 Å². The van der Waals surface area contributed by atoms with Gasteiger partial charge in [-0.1, -0.05) is 11.6 Å². The Bertz CT molecular complexity index is 764. The number of nitrogens with zero attached hydrogens (tertiary/aromatic N) is 1. The molecule has 1 heterocycles. The van der Waals surface area contributed by atoms with Crippen LogP contribution in [-0.2, 0) is 13.2 Å². The van der Waals surface area contributed by atoms with E-state index in [1.165, 1.54) is 12.1 Å². The van der Waals surface area contributed by atoms with Crippen molar-refractivity contribution in [2.45, 2.75) is 20.1 Å². The second-order valence-electron chi connectivity index (χ2n) is 4.84. The Balaban J connectivity index is 1.89. The van der Waals surface area contributed by atoms with E-state index in [2.05, 4.69) is 17.7 Å². The number of aryl methyl sites for hydroxylation is 1. The fourth-order valence-corrected chi connectivity index (χ4v) is 2.58. The van der Waals surface area contributed by atoms with E-state index < -0.39 is 0 Å². The molecule has 0 spiro atoms. The SMILES string of the molecule is CCn1cc(COc2ccc(F)cc2)c2cc(Cl)ccc21. The van der Waals surface area contributed by atoms with E-state index in [4.69, 9.17) is 16.3 Å². The van der Waals surface area contributed by atoms with Gasteiger partial charge >= 0.3 is 0 Å². The Labute approximate surface area is 127 Å². The standard InChI is InChI=1S/C17H15ClFNO/c1-2-20-10-12(16-9-13(18)3-8-17(16)20)11-21-15-6-4-14(19)5-7-15/h3-10H,2,11H2,1H3. The zero-order valence-corrected chi connectivity index (χ0v) is 12.4. The van der Waals surface area contributed by atoms with Crippen LogP contribution in [0, 0.1) is 5.82 Å². The number of rotatable bonds is 4. The molecule has 0 atom stereocenters. The molecule has 0 unspecified atom stereocenters. The van der Waals surface area contributed by atoms with Crippen LogP contribution in [0.1, 0.15) is 12.5 Å². The molecule has 0 radical (unpaired) electrons. The zero-order chi connectivity index (χ0) is 14.8. The smallest absolute Gasteiger partial charge is 0.123 e. The van der Waals surface area contributed by atoms with Crippen LogP contribution in [0.4, 0.5) is 4.39 Å². The molecule has 3 rings (SSSR count). The minimum atomic E-state index is -0.267. The molecule has 2 aromatic carbocycles. The average molecular weight is 304 g/mol. The molecular formula is C17H15ClFNO. The molecule has 0 amide bonds. The molecule has 21 heavy (non-hydrogen) atoms. The summed E-state index contributed by atoms with van der Waals surface area (Å²) < 4.78 is 20.8. The third-order valence-electron chi connectivity index (χ3n) is 3.47. The van der Waals surface area contributed by atoms with Gasteiger partial charge in [0.1, 0.15) is 18.2 Å². The first-order valence-electron chi connectivity index (χ1n) is 6.83. The van der Waals surface area contributed by atoms with Gasteiger partial charge in [0.15, 0.2) is 0 Å². The Morgan fingerprint density at radius 1 is 1.14 bits per heavy atom. The van der Waals surface area contributed by atoms with Crippen LogP contribution in [0.25, 0.3) is 10.9 Å². The quantitative estimate of drug-likeness (QED) is 0.659. The van der Waals surface area contributed by atoms with Crippen LogP contribution in [0.5, 0.6) is 5.75 Å². The van der Waals surface area contributed by atoms with Gasteiger partial charge in [-0.2, -0.15) is 0 Å². The monoisotopic (exact) mass is 303 g/mol. The van der Waals surface area contributed by atoms with Crippen molar-refractivity contribution < 1.29 is 9.13 Å². The van der Waals surface area contributed by atoms with E-state index in [9.17, 15) is 4.39 Å². The summed E-state index contributed by atoms with van der Waals surface area (Å²) >= 11 is 6.09. The second-order valence-corrected chi connectivity index (χ2v) is 5.28. The summed E-state index contributed by atoms with van der Waals surface area (Å²) in [6.45, 7) is 3.41. The molecule has 1 aromatic heterocycles. The second kappa shape index (κ2) is 5.78. The van der Waals surface area contributed by atoms with Gasteiger partial charge in [0, 0.05) is 34.2 Å². The Morgan fingerprint density at radius 2 is 1.90 bits per heavy atom. The van der Waals surface area contributed by atoms with Gasteiger partial charge in [-0.25, -0.2) is 4.39 Å². The number of aromatic nitrogens is 1. The Hall–Kier alpha value is -2.00. The van der Waals surface area contributed by atoms with E-state index in [-0.39, 0.29) is 5.82 Å². The van der Waals surface area contributed by atoms with Crippen LogP contribution in [0.15, 0.2) is 48.7 Å².